The van der Waals surface area contributed by atoms with Gasteiger partial charge in [0, 0.05) is 17.8 Å². The number of hydrogen-bond acceptors (Lipinski definition) is 6. The lowest BCUT2D eigenvalue weighted by molar-refractivity contribution is -0.384. The molecule has 4 N–H and O–H groups in total. The van der Waals surface area contributed by atoms with E-state index in [9.17, 15) is 19.7 Å². The number of unbranched alkanes of at least 4 members (excludes halogenated alkanes) is 1. The maximum Gasteiger partial charge on any atom is 0.408 e. The summed E-state index contributed by atoms with van der Waals surface area (Å²) in [5.74, 6) is -0.437. The highest BCUT2D eigenvalue weighted by molar-refractivity contribution is 5.96. The SMILES string of the molecule is NCCCC[C@@H](NC(=O)OCc1ccccc1)C(=O)Nc1ccc([N+](=O)[O-])cc1. The fraction of sp³-hybridized carbons (Fsp3) is 0.300. The molecule has 0 bridgehead atoms. The lowest BCUT2D eigenvalue weighted by atomic mass is 10.1. The summed E-state index contributed by atoms with van der Waals surface area (Å²) in [6.45, 7) is 0.571. The van der Waals surface area contributed by atoms with Gasteiger partial charge in [-0.3, -0.25) is 14.9 Å². The number of anilines is 1. The second kappa shape index (κ2) is 11.4. The number of nitrogens with zero attached hydrogens (tertiary/aromatic N) is 1. The number of benzene rings is 2. The molecule has 9 nitrogen and oxygen atoms in total. The molecule has 0 aromatic heterocycles. The van der Waals surface area contributed by atoms with Gasteiger partial charge in [-0.25, -0.2) is 4.79 Å². The molecule has 2 aromatic carbocycles. The van der Waals surface area contributed by atoms with E-state index >= 15 is 0 Å². The molecule has 29 heavy (non-hydrogen) atoms. The number of nitrogens with two attached hydrogens (primary N) is 1. The zero-order valence-corrected chi connectivity index (χ0v) is 15.9. The van der Waals surface area contributed by atoms with Crippen molar-refractivity contribution in [1.29, 1.82) is 0 Å². The zero-order valence-electron chi connectivity index (χ0n) is 15.9. The van der Waals surface area contributed by atoms with Crippen LogP contribution in [0.5, 0.6) is 0 Å². The minimum absolute atomic E-state index is 0.0786. The molecule has 0 fully saturated rings. The standard InChI is InChI=1S/C20H24N4O5/c21-13-5-4-8-18(23-20(26)29-14-15-6-2-1-3-7-15)19(25)22-16-9-11-17(12-10-16)24(27)28/h1-3,6-7,9-12,18H,4-5,8,13-14,21H2,(H,22,25)(H,23,26)/t18-/m1/s1. The predicted octanol–water partition coefficient (Wildman–Crippen LogP) is 2.96. The second-order valence-electron chi connectivity index (χ2n) is 6.34. The average molecular weight is 400 g/mol. The van der Waals surface area contributed by atoms with Gasteiger partial charge in [0.1, 0.15) is 12.6 Å². The van der Waals surface area contributed by atoms with Crippen LogP contribution in [0.4, 0.5) is 16.2 Å². The molecule has 1 atom stereocenters. The summed E-state index contributed by atoms with van der Waals surface area (Å²) in [5, 5.41) is 15.9. The van der Waals surface area contributed by atoms with Gasteiger partial charge in [0.2, 0.25) is 5.91 Å². The van der Waals surface area contributed by atoms with Gasteiger partial charge in [-0.15, -0.1) is 0 Å². The van der Waals surface area contributed by atoms with Crippen molar-refractivity contribution in [2.24, 2.45) is 5.73 Å². The highest BCUT2D eigenvalue weighted by Crippen LogP contribution is 2.16. The number of nitro benzene ring substituents is 1. The smallest absolute Gasteiger partial charge is 0.408 e. The molecule has 2 amide bonds. The van der Waals surface area contributed by atoms with Gasteiger partial charge < -0.3 is 21.1 Å². The first kappa shape index (κ1) is 21.8. The van der Waals surface area contributed by atoms with E-state index in [0.29, 0.717) is 31.5 Å². The van der Waals surface area contributed by atoms with E-state index in [0.717, 1.165) is 5.56 Å². The highest BCUT2D eigenvalue weighted by Gasteiger charge is 2.21. The number of carbonyl (C=O) groups excluding carboxylic acids is 2. The van der Waals surface area contributed by atoms with Crippen LogP contribution in [0.3, 0.4) is 0 Å². The van der Waals surface area contributed by atoms with E-state index < -0.39 is 23.0 Å². The number of alkyl carbamates (subject to hydrolysis) is 1. The van der Waals surface area contributed by atoms with Gasteiger partial charge in [0.25, 0.3) is 5.69 Å². The van der Waals surface area contributed by atoms with Crippen LogP contribution < -0.4 is 16.4 Å². The largest absolute Gasteiger partial charge is 0.445 e. The first-order valence-corrected chi connectivity index (χ1v) is 9.22. The van der Waals surface area contributed by atoms with Crippen LogP contribution in [-0.2, 0) is 16.1 Å². The van der Waals surface area contributed by atoms with Crippen LogP contribution in [0.15, 0.2) is 54.6 Å². The summed E-state index contributed by atoms with van der Waals surface area (Å²) in [4.78, 5) is 34.9. The summed E-state index contributed by atoms with van der Waals surface area (Å²) < 4.78 is 5.18. The van der Waals surface area contributed by atoms with E-state index in [1.165, 1.54) is 24.3 Å². The Morgan fingerprint density at radius 1 is 1.07 bits per heavy atom. The normalized spacial score (nSPS) is 11.3. The number of non-ortho nitro benzene ring substituents is 1. The van der Waals surface area contributed by atoms with Crippen molar-refractivity contribution in [2.75, 3.05) is 11.9 Å². The van der Waals surface area contributed by atoms with Crippen LogP contribution in [0.25, 0.3) is 0 Å². The number of nitrogens with one attached hydrogen (secondary N) is 2. The Morgan fingerprint density at radius 3 is 2.38 bits per heavy atom. The molecule has 0 aliphatic heterocycles. The Bertz CT molecular complexity index is 811. The molecule has 9 heteroatoms. The third kappa shape index (κ3) is 7.59. The van der Waals surface area contributed by atoms with Gasteiger partial charge >= 0.3 is 6.09 Å². The Labute approximate surface area is 168 Å². The number of amides is 2. The van der Waals surface area contributed by atoms with Crippen molar-refractivity contribution in [1.82, 2.24) is 5.32 Å². The van der Waals surface area contributed by atoms with E-state index in [1.807, 2.05) is 30.3 Å². The van der Waals surface area contributed by atoms with Crippen molar-refractivity contribution in [2.45, 2.75) is 31.9 Å². The molecule has 154 valence electrons. The van der Waals surface area contributed by atoms with Crippen molar-refractivity contribution >= 4 is 23.4 Å². The van der Waals surface area contributed by atoms with Gasteiger partial charge in [0.15, 0.2) is 0 Å². The zero-order chi connectivity index (χ0) is 21.1. The summed E-state index contributed by atoms with van der Waals surface area (Å²) in [5.41, 5.74) is 6.64. The quantitative estimate of drug-likeness (QED) is 0.319. The molecule has 0 aliphatic rings. The molecular weight excluding hydrogens is 376 g/mol. The van der Waals surface area contributed by atoms with Crippen molar-refractivity contribution in [3.8, 4) is 0 Å². The molecule has 0 saturated heterocycles. The third-order valence-corrected chi connectivity index (χ3v) is 4.11. The summed E-state index contributed by atoms with van der Waals surface area (Å²) in [7, 11) is 0. The summed E-state index contributed by atoms with van der Waals surface area (Å²) >= 11 is 0. The minimum atomic E-state index is -0.819. The Hall–Kier alpha value is -3.46. The Balaban J connectivity index is 1.95. The van der Waals surface area contributed by atoms with E-state index in [4.69, 9.17) is 10.5 Å². The maximum absolute atomic E-state index is 12.6. The summed E-state index contributed by atoms with van der Waals surface area (Å²) in [6, 6.07) is 13.8. The molecule has 0 radical (unpaired) electrons. The maximum atomic E-state index is 12.6. The molecule has 2 aromatic rings. The average Bonchev–Trinajstić information content (AvgIpc) is 2.72. The van der Waals surface area contributed by atoms with Gasteiger partial charge in [-0.1, -0.05) is 30.3 Å². The second-order valence-corrected chi connectivity index (χ2v) is 6.34. The lowest BCUT2D eigenvalue weighted by Gasteiger charge is -2.18. The fourth-order valence-corrected chi connectivity index (χ4v) is 2.56. The number of rotatable bonds is 10. The fourth-order valence-electron chi connectivity index (χ4n) is 2.56. The third-order valence-electron chi connectivity index (χ3n) is 4.11. The van der Waals surface area contributed by atoms with E-state index in [2.05, 4.69) is 10.6 Å². The molecule has 2 rings (SSSR count). The van der Waals surface area contributed by atoms with Crippen LogP contribution in [-0.4, -0.2) is 29.5 Å². The van der Waals surface area contributed by atoms with Crippen molar-refractivity contribution in [3.63, 3.8) is 0 Å². The van der Waals surface area contributed by atoms with E-state index in [-0.39, 0.29) is 12.3 Å². The molecule has 0 spiro atoms. The van der Waals surface area contributed by atoms with Crippen LogP contribution >= 0.6 is 0 Å². The number of ether oxygens (including phenoxy) is 1. The Morgan fingerprint density at radius 2 is 1.76 bits per heavy atom. The van der Waals surface area contributed by atoms with Crippen LogP contribution in [0, 0.1) is 10.1 Å². The summed E-state index contributed by atoms with van der Waals surface area (Å²) in [6.07, 6.45) is 1.04. The van der Waals surface area contributed by atoms with Crippen molar-refractivity contribution < 1.29 is 19.2 Å². The Kier molecular flexibility index (Phi) is 8.58. The molecular formula is C20H24N4O5. The van der Waals surface area contributed by atoms with Crippen LogP contribution in [0.1, 0.15) is 24.8 Å². The van der Waals surface area contributed by atoms with Gasteiger partial charge in [-0.2, -0.15) is 0 Å². The van der Waals surface area contributed by atoms with E-state index in [1.54, 1.807) is 0 Å². The highest BCUT2D eigenvalue weighted by atomic mass is 16.6. The topological polar surface area (TPSA) is 137 Å². The monoisotopic (exact) mass is 400 g/mol. The van der Waals surface area contributed by atoms with Gasteiger partial charge in [0.05, 0.1) is 4.92 Å². The first-order chi connectivity index (χ1) is 14.0. The lowest BCUT2D eigenvalue weighted by Crippen LogP contribution is -2.44. The van der Waals surface area contributed by atoms with Crippen molar-refractivity contribution in [3.05, 3.63) is 70.3 Å². The molecule has 0 unspecified atom stereocenters. The molecule has 0 heterocycles. The predicted molar refractivity (Wildman–Crippen MR) is 108 cm³/mol. The van der Waals surface area contributed by atoms with Crippen LogP contribution in [0.2, 0.25) is 0 Å². The van der Waals surface area contributed by atoms with Gasteiger partial charge in [-0.05, 0) is 43.5 Å². The number of carbonyl (C=O) groups is 2. The molecule has 0 saturated carbocycles. The minimum Gasteiger partial charge on any atom is -0.445 e. The number of hydrogen-bond donors (Lipinski definition) is 3. The first-order valence-electron chi connectivity index (χ1n) is 9.22. The molecule has 0 aliphatic carbocycles. The number of nitro groups is 1.